The fourth-order valence-corrected chi connectivity index (χ4v) is 1.76. The van der Waals surface area contributed by atoms with E-state index >= 15 is 0 Å². The molecule has 13 heavy (non-hydrogen) atoms. The topological polar surface area (TPSA) is 37.3 Å². The lowest BCUT2D eigenvalue weighted by atomic mass is 10.0. The van der Waals surface area contributed by atoms with Crippen LogP contribution < -0.4 is 0 Å². The van der Waals surface area contributed by atoms with Gasteiger partial charge in [0.2, 0.25) is 0 Å². The first kappa shape index (κ1) is 8.38. The third-order valence-corrected chi connectivity index (χ3v) is 2.39. The Morgan fingerprint density at radius 3 is 2.85 bits per heavy atom. The van der Waals surface area contributed by atoms with Crippen LogP contribution in [0, 0.1) is 5.82 Å². The molecule has 0 radical (unpaired) electrons. The van der Waals surface area contributed by atoms with Gasteiger partial charge in [-0.3, -0.25) is 4.79 Å². The Morgan fingerprint density at radius 1 is 1.38 bits per heavy atom. The van der Waals surface area contributed by atoms with Crippen molar-refractivity contribution in [2.75, 3.05) is 0 Å². The second-order valence-corrected chi connectivity index (χ2v) is 3.14. The van der Waals surface area contributed by atoms with Crippen LogP contribution in [0.5, 0.6) is 0 Å². The molecule has 0 heterocycles. The molecule has 1 N–H and O–H groups in total. The van der Waals surface area contributed by atoms with E-state index in [1.54, 1.807) is 0 Å². The van der Waals surface area contributed by atoms with Crippen LogP contribution in [0.25, 0.3) is 0 Å². The van der Waals surface area contributed by atoms with E-state index < -0.39 is 0 Å². The SMILES string of the molecule is O=C1CCc2c(F)ccc(CO)c21. The van der Waals surface area contributed by atoms with Gasteiger partial charge in [0.15, 0.2) is 5.78 Å². The van der Waals surface area contributed by atoms with E-state index in [0.29, 0.717) is 29.5 Å². The molecule has 0 unspecified atom stereocenters. The van der Waals surface area contributed by atoms with Crippen molar-refractivity contribution in [1.29, 1.82) is 0 Å². The van der Waals surface area contributed by atoms with Gasteiger partial charge in [-0.1, -0.05) is 6.07 Å². The van der Waals surface area contributed by atoms with Crippen LogP contribution in [0.2, 0.25) is 0 Å². The molecule has 1 aromatic rings. The summed E-state index contributed by atoms with van der Waals surface area (Å²) in [5, 5.41) is 8.94. The molecule has 1 aromatic carbocycles. The van der Waals surface area contributed by atoms with Crippen molar-refractivity contribution in [3.8, 4) is 0 Å². The summed E-state index contributed by atoms with van der Waals surface area (Å²) in [6.07, 6.45) is 0.830. The van der Waals surface area contributed by atoms with Crippen LogP contribution in [-0.4, -0.2) is 10.9 Å². The maximum Gasteiger partial charge on any atom is 0.163 e. The van der Waals surface area contributed by atoms with E-state index in [2.05, 4.69) is 0 Å². The summed E-state index contributed by atoms with van der Waals surface area (Å²) in [5.74, 6) is -0.392. The minimum Gasteiger partial charge on any atom is -0.392 e. The van der Waals surface area contributed by atoms with Gasteiger partial charge >= 0.3 is 0 Å². The lowest BCUT2D eigenvalue weighted by molar-refractivity contribution is 0.0992. The van der Waals surface area contributed by atoms with Crippen molar-refractivity contribution in [2.45, 2.75) is 19.4 Å². The molecule has 0 amide bonds. The molecule has 0 atom stereocenters. The Labute approximate surface area is 75.0 Å². The van der Waals surface area contributed by atoms with Gasteiger partial charge in [0.1, 0.15) is 5.82 Å². The number of halogens is 1. The zero-order valence-corrected chi connectivity index (χ0v) is 7.01. The molecule has 0 aromatic heterocycles. The molecule has 2 nitrogen and oxygen atoms in total. The summed E-state index contributed by atoms with van der Waals surface area (Å²) < 4.78 is 13.1. The highest BCUT2D eigenvalue weighted by molar-refractivity contribution is 6.01. The smallest absolute Gasteiger partial charge is 0.163 e. The molecular formula is C10H9FO2. The average molecular weight is 180 g/mol. The molecule has 0 fully saturated rings. The molecule has 2 rings (SSSR count). The summed E-state index contributed by atoms with van der Waals surface area (Å²) in [5.41, 5.74) is 1.41. The fraction of sp³-hybridized carbons (Fsp3) is 0.300. The summed E-state index contributed by atoms with van der Waals surface area (Å²) >= 11 is 0. The minimum atomic E-state index is -0.335. The predicted molar refractivity (Wildman–Crippen MR) is 45.0 cm³/mol. The number of fused-ring (bicyclic) bond motifs is 1. The van der Waals surface area contributed by atoms with E-state index in [0.717, 1.165) is 0 Å². The van der Waals surface area contributed by atoms with Crippen molar-refractivity contribution < 1.29 is 14.3 Å². The van der Waals surface area contributed by atoms with Crippen molar-refractivity contribution in [1.82, 2.24) is 0 Å². The number of hydrogen-bond donors (Lipinski definition) is 1. The highest BCUT2D eigenvalue weighted by Crippen LogP contribution is 2.27. The first-order chi connectivity index (χ1) is 6.24. The lowest BCUT2D eigenvalue weighted by Gasteiger charge is -2.04. The largest absolute Gasteiger partial charge is 0.392 e. The van der Waals surface area contributed by atoms with E-state index in [9.17, 15) is 9.18 Å². The minimum absolute atomic E-state index is 0.0569. The quantitative estimate of drug-likeness (QED) is 0.710. The molecule has 0 bridgehead atoms. The van der Waals surface area contributed by atoms with E-state index in [1.807, 2.05) is 0 Å². The molecule has 68 valence electrons. The number of aliphatic hydroxyl groups is 1. The first-order valence-electron chi connectivity index (χ1n) is 4.18. The highest BCUT2D eigenvalue weighted by Gasteiger charge is 2.25. The number of carbonyl (C=O) groups excluding carboxylic acids is 1. The van der Waals surface area contributed by atoms with Crippen molar-refractivity contribution >= 4 is 5.78 Å². The fourth-order valence-electron chi connectivity index (χ4n) is 1.76. The average Bonchev–Trinajstić information content (AvgIpc) is 2.51. The molecule has 0 saturated carbocycles. The number of carbonyl (C=O) groups is 1. The van der Waals surface area contributed by atoms with Crippen LogP contribution in [-0.2, 0) is 13.0 Å². The zero-order valence-electron chi connectivity index (χ0n) is 7.01. The Morgan fingerprint density at radius 2 is 2.15 bits per heavy atom. The molecule has 1 aliphatic carbocycles. The van der Waals surface area contributed by atoms with Gasteiger partial charge in [0.05, 0.1) is 6.61 Å². The Bertz CT molecular complexity index is 371. The molecule has 3 heteroatoms. The number of ketones is 1. The van der Waals surface area contributed by atoms with Crippen molar-refractivity contribution in [3.63, 3.8) is 0 Å². The monoisotopic (exact) mass is 180 g/mol. The van der Waals surface area contributed by atoms with Crippen LogP contribution in [0.1, 0.15) is 27.9 Å². The number of benzene rings is 1. The van der Waals surface area contributed by atoms with Crippen LogP contribution >= 0.6 is 0 Å². The van der Waals surface area contributed by atoms with E-state index in [-0.39, 0.29) is 18.2 Å². The van der Waals surface area contributed by atoms with Gasteiger partial charge in [-0.05, 0) is 23.6 Å². The molecular weight excluding hydrogens is 171 g/mol. The molecule has 1 aliphatic rings. The lowest BCUT2D eigenvalue weighted by Crippen LogP contribution is -2.00. The second kappa shape index (κ2) is 2.92. The third-order valence-electron chi connectivity index (χ3n) is 2.39. The van der Waals surface area contributed by atoms with Gasteiger partial charge in [-0.2, -0.15) is 0 Å². The normalized spacial score (nSPS) is 14.8. The third kappa shape index (κ3) is 1.16. The number of aliphatic hydroxyl groups excluding tert-OH is 1. The van der Waals surface area contributed by atoms with E-state index in [1.165, 1.54) is 12.1 Å². The van der Waals surface area contributed by atoms with Crippen LogP contribution in [0.4, 0.5) is 4.39 Å². The summed E-state index contributed by atoms with van der Waals surface area (Å²) in [6.45, 7) is -0.200. The Balaban J connectivity index is 2.66. The predicted octanol–water partition coefficient (Wildman–Crippen LogP) is 1.45. The maximum atomic E-state index is 13.1. The molecule has 0 aliphatic heterocycles. The number of hydrogen-bond acceptors (Lipinski definition) is 2. The van der Waals surface area contributed by atoms with Crippen molar-refractivity contribution in [3.05, 3.63) is 34.6 Å². The standard InChI is InChI=1S/C10H9FO2/c11-8-3-1-6(5-12)10-7(8)2-4-9(10)13/h1,3,12H,2,4-5H2. The van der Waals surface area contributed by atoms with Crippen molar-refractivity contribution in [2.24, 2.45) is 0 Å². The van der Waals surface area contributed by atoms with Crippen LogP contribution in [0.3, 0.4) is 0 Å². The summed E-state index contributed by atoms with van der Waals surface area (Å²) in [4.78, 5) is 11.3. The van der Waals surface area contributed by atoms with Crippen LogP contribution in [0.15, 0.2) is 12.1 Å². The number of rotatable bonds is 1. The van der Waals surface area contributed by atoms with Gasteiger partial charge in [0, 0.05) is 12.0 Å². The maximum absolute atomic E-state index is 13.1. The van der Waals surface area contributed by atoms with Gasteiger partial charge in [-0.15, -0.1) is 0 Å². The molecule has 0 saturated heterocycles. The molecule has 0 spiro atoms. The first-order valence-corrected chi connectivity index (χ1v) is 4.18. The number of Topliss-reactive ketones (excluding diaryl/α,β-unsaturated/α-hetero) is 1. The van der Waals surface area contributed by atoms with E-state index in [4.69, 9.17) is 5.11 Å². The summed E-state index contributed by atoms with van der Waals surface area (Å²) in [6, 6.07) is 2.78. The highest BCUT2D eigenvalue weighted by atomic mass is 19.1. The zero-order chi connectivity index (χ0) is 9.42. The van der Waals surface area contributed by atoms with Gasteiger partial charge in [-0.25, -0.2) is 4.39 Å². The van der Waals surface area contributed by atoms with Gasteiger partial charge in [0.25, 0.3) is 0 Å². The Hall–Kier alpha value is -1.22. The van der Waals surface area contributed by atoms with Gasteiger partial charge < -0.3 is 5.11 Å². The second-order valence-electron chi connectivity index (χ2n) is 3.14. The summed E-state index contributed by atoms with van der Waals surface area (Å²) in [7, 11) is 0. The Kier molecular flexibility index (Phi) is 1.88.